The van der Waals surface area contributed by atoms with Crippen molar-refractivity contribution in [3.8, 4) is 0 Å². The van der Waals surface area contributed by atoms with Crippen LogP contribution < -0.4 is 10.2 Å². The molecule has 7 nitrogen and oxygen atoms in total. The number of hydrogen-bond donors (Lipinski definition) is 1. The van der Waals surface area contributed by atoms with Gasteiger partial charge in [-0.3, -0.25) is 19.2 Å². The van der Waals surface area contributed by atoms with E-state index in [4.69, 9.17) is 4.74 Å². The molecule has 1 saturated heterocycles. The van der Waals surface area contributed by atoms with E-state index in [0.29, 0.717) is 24.1 Å². The quantitative estimate of drug-likeness (QED) is 0.547. The van der Waals surface area contributed by atoms with Gasteiger partial charge in [0.25, 0.3) is 5.91 Å². The fourth-order valence-corrected chi connectivity index (χ4v) is 3.48. The zero-order valence-electron chi connectivity index (χ0n) is 17.9. The molecule has 3 rings (SSSR count). The highest BCUT2D eigenvalue weighted by Gasteiger charge is 2.23. The van der Waals surface area contributed by atoms with Crippen molar-refractivity contribution in [2.75, 3.05) is 18.0 Å². The summed E-state index contributed by atoms with van der Waals surface area (Å²) < 4.78 is 5.20. The molecule has 2 amide bonds. The molecule has 2 aromatic rings. The molecule has 1 fully saturated rings. The van der Waals surface area contributed by atoms with Gasteiger partial charge in [0, 0.05) is 29.8 Å². The van der Waals surface area contributed by atoms with E-state index in [1.807, 2.05) is 26.0 Å². The van der Waals surface area contributed by atoms with E-state index < -0.39 is 18.0 Å². The van der Waals surface area contributed by atoms with Crippen LogP contribution in [-0.4, -0.2) is 42.8 Å². The lowest BCUT2D eigenvalue weighted by Crippen LogP contribution is -2.34. The van der Waals surface area contributed by atoms with Gasteiger partial charge < -0.3 is 15.0 Å². The molecule has 1 heterocycles. The number of anilines is 1. The summed E-state index contributed by atoms with van der Waals surface area (Å²) in [6, 6.07) is 12.2. The molecule has 2 aromatic carbocycles. The number of esters is 1. The van der Waals surface area contributed by atoms with Crippen LogP contribution in [0.3, 0.4) is 0 Å². The van der Waals surface area contributed by atoms with E-state index in [-0.39, 0.29) is 18.2 Å². The van der Waals surface area contributed by atoms with E-state index in [1.54, 1.807) is 35.2 Å². The molecule has 0 aliphatic carbocycles. The predicted octanol–water partition coefficient (Wildman–Crippen LogP) is 2.97. The van der Waals surface area contributed by atoms with E-state index in [1.165, 1.54) is 6.92 Å². The maximum atomic E-state index is 12.6. The first kappa shape index (κ1) is 22.2. The van der Waals surface area contributed by atoms with Crippen LogP contribution in [0.15, 0.2) is 42.5 Å². The molecule has 0 unspecified atom stereocenters. The Morgan fingerprint density at radius 2 is 1.81 bits per heavy atom. The lowest BCUT2D eigenvalue weighted by molar-refractivity contribution is -0.145. The number of ketones is 1. The molecule has 31 heavy (non-hydrogen) atoms. The summed E-state index contributed by atoms with van der Waals surface area (Å²) in [4.78, 5) is 50.5. The van der Waals surface area contributed by atoms with Crippen molar-refractivity contribution in [3.05, 3.63) is 64.7 Å². The van der Waals surface area contributed by atoms with Gasteiger partial charge in [-0.2, -0.15) is 0 Å². The number of nitrogens with one attached hydrogen (secondary N) is 1. The highest BCUT2D eigenvalue weighted by atomic mass is 16.5. The van der Waals surface area contributed by atoms with E-state index >= 15 is 0 Å². The first-order valence-electron chi connectivity index (χ1n) is 10.3. The molecular formula is C24H26N2O5. The molecule has 1 aliphatic heterocycles. The molecule has 7 heteroatoms. The largest absolute Gasteiger partial charge is 0.453 e. The van der Waals surface area contributed by atoms with E-state index in [2.05, 4.69) is 5.32 Å². The number of Topliss-reactive ketones (excluding diaryl/α,β-unsaturated/α-hetero) is 1. The summed E-state index contributed by atoms with van der Waals surface area (Å²) in [7, 11) is 0. The van der Waals surface area contributed by atoms with Crippen LogP contribution >= 0.6 is 0 Å². The van der Waals surface area contributed by atoms with Crippen LogP contribution in [0, 0.1) is 13.8 Å². The van der Waals surface area contributed by atoms with Gasteiger partial charge in [-0.1, -0.05) is 17.7 Å². The van der Waals surface area contributed by atoms with Crippen molar-refractivity contribution in [1.82, 2.24) is 5.32 Å². The maximum Gasteiger partial charge on any atom is 0.326 e. The van der Waals surface area contributed by atoms with Gasteiger partial charge in [-0.05, 0) is 63.1 Å². The minimum atomic E-state index is -0.956. The SMILES string of the molecule is Cc1ccc(C)c(C(=O)[C@H](C)OC(=O)CNC(=O)c2ccc(N3CCCC3=O)cc2)c1. The Hall–Kier alpha value is -3.48. The Balaban J connectivity index is 1.51. The summed E-state index contributed by atoms with van der Waals surface area (Å²) in [5.41, 5.74) is 3.38. The van der Waals surface area contributed by atoms with Gasteiger partial charge in [0.1, 0.15) is 6.54 Å². The second-order valence-corrected chi connectivity index (χ2v) is 7.69. The number of nitrogens with zero attached hydrogens (tertiary/aromatic N) is 1. The number of carbonyl (C=O) groups excluding carboxylic acids is 4. The fraction of sp³-hybridized carbons (Fsp3) is 0.333. The summed E-state index contributed by atoms with van der Waals surface area (Å²) in [6.45, 7) is 5.55. The van der Waals surface area contributed by atoms with Gasteiger partial charge in [-0.15, -0.1) is 0 Å². The van der Waals surface area contributed by atoms with Gasteiger partial charge in [-0.25, -0.2) is 0 Å². The second-order valence-electron chi connectivity index (χ2n) is 7.69. The van der Waals surface area contributed by atoms with Crippen LogP contribution in [0.4, 0.5) is 5.69 Å². The number of rotatable bonds is 7. The molecule has 0 radical (unpaired) electrons. The van der Waals surface area contributed by atoms with Crippen LogP contribution in [0.2, 0.25) is 0 Å². The van der Waals surface area contributed by atoms with Crippen LogP contribution in [0.25, 0.3) is 0 Å². The van der Waals surface area contributed by atoms with Crippen LogP contribution in [0.1, 0.15) is 51.6 Å². The first-order chi connectivity index (χ1) is 14.8. The highest BCUT2D eigenvalue weighted by Crippen LogP contribution is 2.21. The summed E-state index contributed by atoms with van der Waals surface area (Å²) in [5.74, 6) is -1.35. The Kier molecular flexibility index (Phi) is 6.84. The lowest BCUT2D eigenvalue weighted by atomic mass is 9.99. The van der Waals surface area contributed by atoms with Gasteiger partial charge in [0.2, 0.25) is 11.7 Å². The Labute approximate surface area is 181 Å². The number of benzene rings is 2. The molecular weight excluding hydrogens is 396 g/mol. The van der Waals surface area contributed by atoms with Gasteiger partial charge >= 0.3 is 5.97 Å². The van der Waals surface area contributed by atoms with Gasteiger partial charge in [0.05, 0.1) is 0 Å². The number of hydrogen-bond acceptors (Lipinski definition) is 5. The molecule has 0 bridgehead atoms. The number of aryl methyl sites for hydroxylation is 2. The molecule has 1 atom stereocenters. The minimum absolute atomic E-state index is 0.0736. The standard InChI is InChI=1S/C24H26N2O5/c1-15-6-7-16(2)20(13-15)23(29)17(3)31-22(28)14-25-24(30)18-8-10-19(11-9-18)26-12-4-5-21(26)27/h6-11,13,17H,4-5,12,14H2,1-3H3,(H,25,30)/t17-/m0/s1. The average molecular weight is 422 g/mol. The number of carbonyl (C=O) groups is 4. The van der Waals surface area contributed by atoms with Crippen LogP contribution in [-0.2, 0) is 14.3 Å². The number of ether oxygens (including phenoxy) is 1. The Morgan fingerprint density at radius 3 is 2.45 bits per heavy atom. The maximum absolute atomic E-state index is 12.6. The third-order valence-electron chi connectivity index (χ3n) is 5.24. The summed E-state index contributed by atoms with van der Waals surface area (Å²) in [6.07, 6.45) is 0.407. The fourth-order valence-electron chi connectivity index (χ4n) is 3.48. The highest BCUT2D eigenvalue weighted by molar-refractivity contribution is 6.02. The summed E-state index contributed by atoms with van der Waals surface area (Å²) in [5, 5.41) is 2.50. The van der Waals surface area contributed by atoms with Crippen molar-refractivity contribution < 1.29 is 23.9 Å². The first-order valence-corrected chi connectivity index (χ1v) is 10.3. The minimum Gasteiger partial charge on any atom is -0.453 e. The topological polar surface area (TPSA) is 92.8 Å². The molecule has 0 saturated carbocycles. The molecule has 0 spiro atoms. The zero-order chi connectivity index (χ0) is 22.5. The molecule has 162 valence electrons. The van der Waals surface area contributed by atoms with Crippen molar-refractivity contribution in [3.63, 3.8) is 0 Å². The van der Waals surface area contributed by atoms with Crippen molar-refractivity contribution in [2.24, 2.45) is 0 Å². The smallest absolute Gasteiger partial charge is 0.326 e. The third kappa shape index (κ3) is 5.36. The third-order valence-corrected chi connectivity index (χ3v) is 5.24. The Morgan fingerprint density at radius 1 is 1.10 bits per heavy atom. The van der Waals surface area contributed by atoms with Crippen molar-refractivity contribution >= 4 is 29.3 Å². The molecule has 1 N–H and O–H groups in total. The molecule has 0 aromatic heterocycles. The molecule has 1 aliphatic rings. The van der Waals surface area contributed by atoms with E-state index in [0.717, 1.165) is 23.2 Å². The number of amides is 2. The zero-order valence-corrected chi connectivity index (χ0v) is 17.9. The Bertz CT molecular complexity index is 1010. The predicted molar refractivity (Wildman–Crippen MR) is 116 cm³/mol. The second kappa shape index (κ2) is 9.55. The average Bonchev–Trinajstić information content (AvgIpc) is 3.19. The van der Waals surface area contributed by atoms with Crippen molar-refractivity contribution in [1.29, 1.82) is 0 Å². The van der Waals surface area contributed by atoms with E-state index in [9.17, 15) is 19.2 Å². The van der Waals surface area contributed by atoms with Crippen LogP contribution in [0.5, 0.6) is 0 Å². The van der Waals surface area contributed by atoms with Crippen molar-refractivity contribution in [2.45, 2.75) is 39.7 Å². The monoisotopic (exact) mass is 422 g/mol. The summed E-state index contributed by atoms with van der Waals surface area (Å²) >= 11 is 0. The lowest BCUT2D eigenvalue weighted by Gasteiger charge is -2.16. The van der Waals surface area contributed by atoms with Gasteiger partial charge in [0.15, 0.2) is 6.10 Å². The normalized spacial score (nSPS) is 14.3.